The van der Waals surface area contributed by atoms with E-state index in [0.717, 1.165) is 13.0 Å². The van der Waals surface area contributed by atoms with Crippen LogP contribution in [0.15, 0.2) is 12.1 Å². The molecule has 0 unspecified atom stereocenters. The molecule has 1 saturated heterocycles. The van der Waals surface area contributed by atoms with Crippen molar-refractivity contribution >= 4 is 23.2 Å². The zero-order valence-corrected chi connectivity index (χ0v) is 9.68. The Balaban J connectivity index is 1.94. The first-order valence-corrected chi connectivity index (χ1v) is 5.69. The normalized spacial score (nSPS) is 20.5. The number of nitrogens with zero attached hydrogens (tertiary/aromatic N) is 1. The molecule has 5 heteroatoms. The van der Waals surface area contributed by atoms with Gasteiger partial charge in [0.05, 0.1) is 0 Å². The van der Waals surface area contributed by atoms with Gasteiger partial charge in [-0.3, -0.25) is 0 Å². The number of pyridine rings is 1. The zero-order chi connectivity index (χ0) is 10.7. The second kappa shape index (κ2) is 5.01. The smallest absolute Gasteiger partial charge is 0.234 e. The van der Waals surface area contributed by atoms with Crippen molar-refractivity contribution in [3.05, 3.63) is 22.3 Å². The summed E-state index contributed by atoms with van der Waals surface area (Å²) >= 11 is 11.7. The van der Waals surface area contributed by atoms with Gasteiger partial charge in [0.1, 0.15) is 16.8 Å². The second-order valence-electron chi connectivity index (χ2n) is 3.53. The molecule has 0 spiro atoms. The highest BCUT2D eigenvalue weighted by atomic mass is 35.5. The van der Waals surface area contributed by atoms with Gasteiger partial charge >= 0.3 is 0 Å². The van der Waals surface area contributed by atoms with Crippen molar-refractivity contribution in [2.45, 2.75) is 18.9 Å². The van der Waals surface area contributed by atoms with Gasteiger partial charge in [0.15, 0.2) is 0 Å². The molecule has 0 bridgehead atoms. The lowest BCUT2D eigenvalue weighted by atomic mass is 10.2. The Labute approximate surface area is 98.7 Å². The summed E-state index contributed by atoms with van der Waals surface area (Å²) in [5, 5.41) is 4.23. The largest absolute Gasteiger partial charge is 0.475 e. The highest BCUT2D eigenvalue weighted by Gasteiger charge is 2.15. The van der Waals surface area contributed by atoms with Gasteiger partial charge in [0, 0.05) is 6.04 Å². The number of rotatable bonds is 3. The van der Waals surface area contributed by atoms with Gasteiger partial charge in [0.25, 0.3) is 0 Å². The number of aromatic nitrogens is 1. The molecule has 0 amide bonds. The minimum absolute atomic E-state index is 0.397. The van der Waals surface area contributed by atoms with Crippen molar-refractivity contribution in [1.29, 1.82) is 0 Å². The summed E-state index contributed by atoms with van der Waals surface area (Å²) in [6, 6.07) is 3.74. The molecule has 0 aromatic carbocycles. The highest BCUT2D eigenvalue weighted by molar-refractivity contribution is 6.33. The van der Waals surface area contributed by atoms with E-state index in [-0.39, 0.29) is 0 Å². The molecular weight excluding hydrogens is 235 g/mol. The Bertz CT molecular complexity index is 340. The van der Waals surface area contributed by atoms with E-state index in [0.29, 0.717) is 28.7 Å². The Morgan fingerprint density at radius 2 is 2.33 bits per heavy atom. The SMILES string of the molecule is Clc1ccc(Cl)c(OC[C@H]2CCCN2)n1. The van der Waals surface area contributed by atoms with Crippen LogP contribution in [0.3, 0.4) is 0 Å². The summed E-state index contributed by atoms with van der Waals surface area (Å²) in [5.41, 5.74) is 0. The molecular formula is C10H12Cl2N2O. The summed E-state index contributed by atoms with van der Waals surface area (Å²) in [6.45, 7) is 1.65. The lowest BCUT2D eigenvalue weighted by Crippen LogP contribution is -2.28. The van der Waals surface area contributed by atoms with Crippen LogP contribution in [0.25, 0.3) is 0 Å². The molecule has 1 aromatic heterocycles. The van der Waals surface area contributed by atoms with Crippen LogP contribution < -0.4 is 10.1 Å². The molecule has 1 N–H and O–H groups in total. The monoisotopic (exact) mass is 246 g/mol. The van der Waals surface area contributed by atoms with Crippen LogP contribution in [0.2, 0.25) is 10.2 Å². The topological polar surface area (TPSA) is 34.1 Å². The number of ether oxygens (including phenoxy) is 1. The van der Waals surface area contributed by atoms with Crippen molar-refractivity contribution in [2.24, 2.45) is 0 Å². The molecule has 82 valence electrons. The van der Waals surface area contributed by atoms with Crippen molar-refractivity contribution in [3.8, 4) is 5.88 Å². The number of nitrogens with one attached hydrogen (secondary N) is 1. The van der Waals surface area contributed by atoms with Gasteiger partial charge in [0.2, 0.25) is 5.88 Å². The van der Waals surface area contributed by atoms with Crippen LogP contribution in [0, 0.1) is 0 Å². The van der Waals surface area contributed by atoms with Crippen molar-refractivity contribution in [2.75, 3.05) is 13.2 Å². The predicted octanol–water partition coefficient (Wildman–Crippen LogP) is 2.52. The summed E-state index contributed by atoms with van der Waals surface area (Å²) in [6.07, 6.45) is 2.34. The summed E-state index contributed by atoms with van der Waals surface area (Å²) in [5.74, 6) is 0.415. The van der Waals surface area contributed by atoms with Crippen LogP contribution in [0.1, 0.15) is 12.8 Å². The van der Waals surface area contributed by atoms with E-state index < -0.39 is 0 Å². The molecule has 0 aliphatic carbocycles. The van der Waals surface area contributed by atoms with E-state index in [2.05, 4.69) is 10.3 Å². The average molecular weight is 247 g/mol. The molecule has 1 aliphatic rings. The fourth-order valence-electron chi connectivity index (χ4n) is 1.58. The third kappa shape index (κ3) is 2.97. The fourth-order valence-corrected chi connectivity index (χ4v) is 1.88. The summed E-state index contributed by atoms with van der Waals surface area (Å²) in [4.78, 5) is 4.02. The summed E-state index contributed by atoms with van der Waals surface area (Å²) < 4.78 is 5.51. The first-order chi connectivity index (χ1) is 7.25. The zero-order valence-electron chi connectivity index (χ0n) is 8.17. The van der Waals surface area contributed by atoms with E-state index in [9.17, 15) is 0 Å². The third-order valence-corrected chi connectivity index (χ3v) is 2.86. The Kier molecular flexibility index (Phi) is 3.67. The van der Waals surface area contributed by atoms with E-state index >= 15 is 0 Å². The van der Waals surface area contributed by atoms with Gasteiger partial charge in [-0.15, -0.1) is 0 Å². The first-order valence-electron chi connectivity index (χ1n) is 4.94. The van der Waals surface area contributed by atoms with Crippen molar-refractivity contribution in [1.82, 2.24) is 10.3 Å². The maximum Gasteiger partial charge on any atom is 0.234 e. The molecule has 1 atom stereocenters. The molecule has 3 nitrogen and oxygen atoms in total. The molecule has 2 heterocycles. The molecule has 0 saturated carbocycles. The number of halogens is 2. The molecule has 0 radical (unpaired) electrons. The minimum atomic E-state index is 0.397. The standard InChI is InChI=1S/C10H12Cl2N2O/c11-8-3-4-9(12)14-10(8)15-6-7-2-1-5-13-7/h3-4,7,13H,1-2,5-6H2/t7-/m1/s1. The maximum absolute atomic E-state index is 5.92. The maximum atomic E-state index is 5.92. The van der Waals surface area contributed by atoms with Crippen LogP contribution >= 0.6 is 23.2 Å². The molecule has 1 fully saturated rings. The van der Waals surface area contributed by atoms with Crippen LogP contribution in [0.4, 0.5) is 0 Å². The fraction of sp³-hybridized carbons (Fsp3) is 0.500. The van der Waals surface area contributed by atoms with Crippen molar-refractivity contribution in [3.63, 3.8) is 0 Å². The third-order valence-electron chi connectivity index (χ3n) is 2.36. The number of hydrogen-bond acceptors (Lipinski definition) is 3. The molecule has 15 heavy (non-hydrogen) atoms. The van der Waals surface area contributed by atoms with Gasteiger partial charge in [-0.05, 0) is 31.5 Å². The Hall–Kier alpha value is -0.510. The Morgan fingerprint density at radius 1 is 1.47 bits per heavy atom. The van der Waals surface area contributed by atoms with Gasteiger partial charge in [-0.2, -0.15) is 0 Å². The lowest BCUT2D eigenvalue weighted by molar-refractivity contribution is 0.268. The van der Waals surface area contributed by atoms with Gasteiger partial charge < -0.3 is 10.1 Å². The van der Waals surface area contributed by atoms with Gasteiger partial charge in [-0.25, -0.2) is 4.98 Å². The second-order valence-corrected chi connectivity index (χ2v) is 4.32. The highest BCUT2D eigenvalue weighted by Crippen LogP contribution is 2.24. The predicted molar refractivity (Wildman–Crippen MR) is 60.8 cm³/mol. The van der Waals surface area contributed by atoms with E-state index in [4.69, 9.17) is 27.9 Å². The molecule has 2 rings (SSSR count). The summed E-state index contributed by atoms with van der Waals surface area (Å²) in [7, 11) is 0. The van der Waals surface area contributed by atoms with E-state index in [1.54, 1.807) is 12.1 Å². The minimum Gasteiger partial charge on any atom is -0.475 e. The number of hydrogen-bond donors (Lipinski definition) is 1. The quantitative estimate of drug-likeness (QED) is 0.833. The van der Waals surface area contributed by atoms with Crippen molar-refractivity contribution < 1.29 is 4.74 Å². The van der Waals surface area contributed by atoms with Crippen LogP contribution in [-0.4, -0.2) is 24.2 Å². The average Bonchev–Trinajstić information content (AvgIpc) is 2.72. The van der Waals surface area contributed by atoms with E-state index in [1.165, 1.54) is 6.42 Å². The van der Waals surface area contributed by atoms with Crippen LogP contribution in [-0.2, 0) is 0 Å². The molecule has 1 aliphatic heterocycles. The van der Waals surface area contributed by atoms with Gasteiger partial charge in [-0.1, -0.05) is 23.2 Å². The molecule has 1 aromatic rings. The van der Waals surface area contributed by atoms with E-state index in [1.807, 2.05) is 0 Å². The lowest BCUT2D eigenvalue weighted by Gasteiger charge is -2.12. The first kappa shape index (κ1) is 11.0. The van der Waals surface area contributed by atoms with Crippen LogP contribution in [0.5, 0.6) is 5.88 Å². The Morgan fingerprint density at radius 3 is 3.07 bits per heavy atom.